The Morgan fingerprint density at radius 3 is 2.73 bits per heavy atom. The maximum absolute atomic E-state index is 4.39. The molecule has 15 heavy (non-hydrogen) atoms. The predicted molar refractivity (Wildman–Crippen MR) is 65.6 cm³/mol. The zero-order valence-corrected chi connectivity index (χ0v) is 9.14. The number of fused-ring (bicyclic) bond motifs is 1. The van der Waals surface area contributed by atoms with E-state index in [4.69, 9.17) is 0 Å². The van der Waals surface area contributed by atoms with Crippen molar-refractivity contribution in [3.63, 3.8) is 0 Å². The average Bonchev–Trinajstić information content (AvgIpc) is 2.26. The second kappa shape index (κ2) is 4.26. The Bertz CT molecular complexity index is 478. The molecule has 1 nitrogen and oxygen atoms in total. The van der Waals surface area contributed by atoms with Crippen LogP contribution in [-0.2, 0) is 0 Å². The molecule has 1 aromatic heterocycles. The molecule has 0 unspecified atom stereocenters. The van der Waals surface area contributed by atoms with Crippen molar-refractivity contribution in [2.45, 2.75) is 13.8 Å². The molecule has 0 saturated carbocycles. The fourth-order valence-corrected chi connectivity index (χ4v) is 1.56. The van der Waals surface area contributed by atoms with E-state index in [1.807, 2.05) is 12.3 Å². The maximum atomic E-state index is 4.39. The van der Waals surface area contributed by atoms with Crippen LogP contribution >= 0.6 is 0 Å². The molecule has 0 amide bonds. The van der Waals surface area contributed by atoms with Crippen molar-refractivity contribution in [1.29, 1.82) is 0 Å². The van der Waals surface area contributed by atoms with Gasteiger partial charge in [0.2, 0.25) is 0 Å². The average molecular weight is 197 g/mol. The van der Waals surface area contributed by atoms with Crippen LogP contribution in [0, 0.1) is 5.92 Å². The summed E-state index contributed by atoms with van der Waals surface area (Å²) in [6.07, 6.45) is 6.14. The molecule has 76 valence electrons. The first-order valence-corrected chi connectivity index (χ1v) is 5.29. The van der Waals surface area contributed by atoms with Crippen LogP contribution < -0.4 is 0 Å². The van der Waals surface area contributed by atoms with E-state index in [9.17, 15) is 0 Å². The Labute approximate surface area is 90.5 Å². The molecule has 0 N–H and O–H groups in total. The Morgan fingerprint density at radius 2 is 1.93 bits per heavy atom. The number of hydrogen-bond donors (Lipinski definition) is 0. The van der Waals surface area contributed by atoms with Crippen LogP contribution in [-0.4, -0.2) is 4.98 Å². The molecular formula is C14H15N. The lowest BCUT2D eigenvalue weighted by Gasteiger charge is -2.01. The van der Waals surface area contributed by atoms with E-state index < -0.39 is 0 Å². The number of pyridine rings is 1. The van der Waals surface area contributed by atoms with Crippen LogP contribution in [0.3, 0.4) is 0 Å². The third-order valence-electron chi connectivity index (χ3n) is 2.34. The second-order valence-electron chi connectivity index (χ2n) is 4.02. The molecule has 0 spiro atoms. The van der Waals surface area contributed by atoms with Gasteiger partial charge < -0.3 is 0 Å². The number of nitrogens with zero attached hydrogens (tertiary/aromatic N) is 1. The normalized spacial score (nSPS) is 11.7. The Morgan fingerprint density at radius 1 is 1.13 bits per heavy atom. The minimum absolute atomic E-state index is 0.561. The molecule has 0 radical (unpaired) electrons. The highest BCUT2D eigenvalue weighted by molar-refractivity contribution is 5.88. The van der Waals surface area contributed by atoms with Gasteiger partial charge in [0.25, 0.3) is 0 Å². The van der Waals surface area contributed by atoms with Gasteiger partial charge in [-0.1, -0.05) is 44.2 Å². The highest BCUT2D eigenvalue weighted by Crippen LogP contribution is 2.17. The van der Waals surface area contributed by atoms with Crippen LogP contribution in [0.4, 0.5) is 0 Å². The van der Waals surface area contributed by atoms with Crippen LogP contribution in [0.2, 0.25) is 0 Å². The van der Waals surface area contributed by atoms with Gasteiger partial charge in [-0.3, -0.25) is 4.98 Å². The van der Waals surface area contributed by atoms with Crippen LogP contribution in [0.15, 0.2) is 42.6 Å². The highest BCUT2D eigenvalue weighted by atomic mass is 14.7. The monoisotopic (exact) mass is 197 g/mol. The zero-order valence-electron chi connectivity index (χ0n) is 9.14. The molecule has 0 bridgehead atoms. The lowest BCUT2D eigenvalue weighted by molar-refractivity contribution is 0.836. The fraction of sp³-hybridized carbons (Fsp3) is 0.214. The van der Waals surface area contributed by atoms with Crippen molar-refractivity contribution in [3.8, 4) is 0 Å². The van der Waals surface area contributed by atoms with Gasteiger partial charge in [0, 0.05) is 11.6 Å². The number of benzene rings is 1. The topological polar surface area (TPSA) is 12.9 Å². The van der Waals surface area contributed by atoms with Crippen molar-refractivity contribution in [2.75, 3.05) is 0 Å². The summed E-state index contributed by atoms with van der Waals surface area (Å²) in [5, 5.41) is 2.47. The van der Waals surface area contributed by atoms with Crippen molar-refractivity contribution in [1.82, 2.24) is 4.98 Å². The van der Waals surface area contributed by atoms with E-state index in [-0.39, 0.29) is 0 Å². The van der Waals surface area contributed by atoms with Gasteiger partial charge in [-0.05, 0) is 23.4 Å². The molecule has 0 atom stereocenters. The van der Waals surface area contributed by atoms with Gasteiger partial charge in [0.15, 0.2) is 0 Å². The number of aromatic nitrogens is 1. The highest BCUT2D eigenvalue weighted by Gasteiger charge is 1.97. The van der Waals surface area contributed by atoms with Gasteiger partial charge in [-0.25, -0.2) is 0 Å². The second-order valence-corrected chi connectivity index (χ2v) is 4.02. The smallest absolute Gasteiger partial charge is 0.0704 e. The molecule has 0 aliphatic carbocycles. The largest absolute Gasteiger partial charge is 0.256 e. The molecule has 0 fully saturated rings. The first kappa shape index (κ1) is 9.91. The molecule has 0 saturated heterocycles. The molecule has 2 aromatic rings. The van der Waals surface area contributed by atoms with Crippen molar-refractivity contribution >= 4 is 16.8 Å². The summed E-state index contributed by atoms with van der Waals surface area (Å²) in [6.45, 7) is 4.34. The summed E-state index contributed by atoms with van der Waals surface area (Å²) in [6, 6.07) is 10.4. The van der Waals surface area contributed by atoms with E-state index in [0.29, 0.717) is 5.92 Å². The molecule has 0 aliphatic heterocycles. The number of rotatable bonds is 2. The van der Waals surface area contributed by atoms with Gasteiger partial charge >= 0.3 is 0 Å². The van der Waals surface area contributed by atoms with Gasteiger partial charge in [-0.15, -0.1) is 0 Å². The SMILES string of the molecule is CC(C)C=Cc1nccc2ccccc12. The van der Waals surface area contributed by atoms with Crippen LogP contribution in [0.5, 0.6) is 0 Å². The minimum Gasteiger partial charge on any atom is -0.256 e. The molecule has 1 heterocycles. The summed E-state index contributed by atoms with van der Waals surface area (Å²) in [5.74, 6) is 0.561. The molecule has 1 heteroatoms. The summed E-state index contributed by atoms with van der Waals surface area (Å²) >= 11 is 0. The van der Waals surface area contributed by atoms with Crippen molar-refractivity contribution < 1.29 is 0 Å². The van der Waals surface area contributed by atoms with E-state index in [2.05, 4.69) is 55.2 Å². The van der Waals surface area contributed by atoms with E-state index in [1.54, 1.807) is 0 Å². The minimum atomic E-state index is 0.561. The lowest BCUT2D eigenvalue weighted by Crippen LogP contribution is -1.84. The summed E-state index contributed by atoms with van der Waals surface area (Å²) in [7, 11) is 0. The quantitative estimate of drug-likeness (QED) is 0.711. The third kappa shape index (κ3) is 2.24. The maximum Gasteiger partial charge on any atom is 0.0704 e. The van der Waals surface area contributed by atoms with Crippen LogP contribution in [0.25, 0.3) is 16.8 Å². The zero-order chi connectivity index (χ0) is 10.7. The Balaban J connectivity index is 2.51. The molecule has 0 aliphatic rings. The van der Waals surface area contributed by atoms with Crippen molar-refractivity contribution in [2.24, 2.45) is 5.92 Å². The first-order chi connectivity index (χ1) is 7.27. The van der Waals surface area contributed by atoms with E-state index in [1.165, 1.54) is 10.8 Å². The Kier molecular flexibility index (Phi) is 2.82. The summed E-state index contributed by atoms with van der Waals surface area (Å²) in [5.41, 5.74) is 1.06. The lowest BCUT2D eigenvalue weighted by atomic mass is 10.1. The third-order valence-corrected chi connectivity index (χ3v) is 2.34. The number of hydrogen-bond acceptors (Lipinski definition) is 1. The first-order valence-electron chi connectivity index (χ1n) is 5.29. The van der Waals surface area contributed by atoms with E-state index in [0.717, 1.165) is 5.69 Å². The predicted octanol–water partition coefficient (Wildman–Crippen LogP) is 3.90. The fourth-order valence-electron chi connectivity index (χ4n) is 1.56. The molecular weight excluding hydrogens is 182 g/mol. The molecule has 1 aromatic carbocycles. The number of allylic oxidation sites excluding steroid dienone is 1. The van der Waals surface area contributed by atoms with Crippen molar-refractivity contribution in [3.05, 3.63) is 48.3 Å². The molecule has 2 rings (SSSR count). The standard InChI is InChI=1S/C14H15N/c1-11(2)7-8-14-13-6-4-3-5-12(13)9-10-15-14/h3-11H,1-2H3. The van der Waals surface area contributed by atoms with Gasteiger partial charge in [0.1, 0.15) is 0 Å². The summed E-state index contributed by atoms with van der Waals surface area (Å²) in [4.78, 5) is 4.39. The Hall–Kier alpha value is -1.63. The van der Waals surface area contributed by atoms with Gasteiger partial charge in [0.05, 0.1) is 5.69 Å². The van der Waals surface area contributed by atoms with Crippen LogP contribution in [0.1, 0.15) is 19.5 Å². The van der Waals surface area contributed by atoms with E-state index >= 15 is 0 Å². The van der Waals surface area contributed by atoms with Gasteiger partial charge in [-0.2, -0.15) is 0 Å². The summed E-state index contributed by atoms with van der Waals surface area (Å²) < 4.78 is 0.